The lowest BCUT2D eigenvalue weighted by atomic mass is 10.2. The van der Waals surface area contributed by atoms with Gasteiger partial charge in [-0.1, -0.05) is 0 Å². The van der Waals surface area contributed by atoms with Crippen LogP contribution in [0.25, 0.3) is 0 Å². The second kappa shape index (κ2) is 5.88. The molecule has 1 atom stereocenters. The summed E-state index contributed by atoms with van der Waals surface area (Å²) in [5.41, 5.74) is 0.264. The van der Waals surface area contributed by atoms with Gasteiger partial charge in [-0.25, -0.2) is 9.78 Å². The van der Waals surface area contributed by atoms with E-state index in [1.165, 1.54) is 0 Å². The Morgan fingerprint density at radius 3 is 3.00 bits per heavy atom. The molecule has 1 aliphatic rings. The van der Waals surface area contributed by atoms with Crippen LogP contribution in [0.2, 0.25) is 0 Å². The van der Waals surface area contributed by atoms with Gasteiger partial charge in [-0.15, -0.1) is 0 Å². The number of aromatic carboxylic acids is 1. The van der Waals surface area contributed by atoms with Crippen molar-refractivity contribution in [3.63, 3.8) is 0 Å². The van der Waals surface area contributed by atoms with E-state index in [1.54, 1.807) is 12.3 Å². The zero-order chi connectivity index (χ0) is 14.0. The lowest BCUT2D eigenvalue weighted by molar-refractivity contribution is 0.0697. The highest BCUT2D eigenvalue weighted by atomic mass is 79.9. The van der Waals surface area contributed by atoms with Gasteiger partial charge in [0.2, 0.25) is 0 Å². The van der Waals surface area contributed by atoms with E-state index >= 15 is 0 Å². The molecule has 1 aromatic heterocycles. The fraction of sp³-hybridized carbons (Fsp3) is 0.538. The van der Waals surface area contributed by atoms with Crippen LogP contribution < -0.4 is 4.90 Å². The van der Waals surface area contributed by atoms with Crippen LogP contribution in [-0.2, 0) is 0 Å². The fourth-order valence-corrected chi connectivity index (χ4v) is 2.88. The number of pyridine rings is 1. The lowest BCUT2D eigenvalue weighted by Gasteiger charge is -2.29. The number of carboxylic acids is 1. The first kappa shape index (κ1) is 14.3. The highest BCUT2D eigenvalue weighted by Gasteiger charge is 2.29. The quantitative estimate of drug-likeness (QED) is 0.917. The second-order valence-electron chi connectivity index (χ2n) is 5.08. The molecule has 1 fully saturated rings. The Bertz CT molecular complexity index is 479. The van der Waals surface area contributed by atoms with E-state index in [2.05, 4.69) is 30.7 Å². The molecule has 6 heteroatoms. The van der Waals surface area contributed by atoms with Gasteiger partial charge in [0.25, 0.3) is 0 Å². The number of carboxylic acid groups (broad SMARTS) is 1. The molecule has 0 aromatic carbocycles. The maximum absolute atomic E-state index is 11.4. The smallest absolute Gasteiger partial charge is 0.339 e. The van der Waals surface area contributed by atoms with Gasteiger partial charge in [-0.2, -0.15) is 0 Å². The Hall–Kier alpha value is -1.14. The molecule has 2 rings (SSSR count). The van der Waals surface area contributed by atoms with Gasteiger partial charge in [0.1, 0.15) is 11.4 Å². The van der Waals surface area contributed by atoms with Crippen molar-refractivity contribution in [3.8, 4) is 0 Å². The Kier molecular flexibility index (Phi) is 4.42. The van der Waals surface area contributed by atoms with Gasteiger partial charge in [0.05, 0.1) is 0 Å². The summed E-state index contributed by atoms with van der Waals surface area (Å²) in [7, 11) is 4.06. The Balaban J connectivity index is 2.32. The maximum atomic E-state index is 11.4. The van der Waals surface area contributed by atoms with Gasteiger partial charge < -0.3 is 14.9 Å². The number of halogens is 1. The third-order valence-electron chi connectivity index (χ3n) is 3.29. The normalized spacial score (nSPS) is 19.2. The number of hydrogen-bond acceptors (Lipinski definition) is 4. The molecule has 0 radical (unpaired) electrons. The topological polar surface area (TPSA) is 56.7 Å². The van der Waals surface area contributed by atoms with Crippen molar-refractivity contribution in [1.29, 1.82) is 0 Å². The van der Waals surface area contributed by atoms with Crippen LogP contribution in [0.3, 0.4) is 0 Å². The van der Waals surface area contributed by atoms with Crippen LogP contribution in [-0.4, -0.2) is 54.2 Å². The first-order chi connectivity index (χ1) is 8.99. The van der Waals surface area contributed by atoms with E-state index in [4.69, 9.17) is 0 Å². The largest absolute Gasteiger partial charge is 0.478 e. The van der Waals surface area contributed by atoms with E-state index in [0.29, 0.717) is 16.3 Å². The van der Waals surface area contributed by atoms with E-state index < -0.39 is 5.97 Å². The Morgan fingerprint density at radius 1 is 1.63 bits per heavy atom. The number of aromatic nitrogens is 1. The summed E-state index contributed by atoms with van der Waals surface area (Å²) >= 11 is 3.28. The predicted molar refractivity (Wildman–Crippen MR) is 77.8 cm³/mol. The highest BCUT2D eigenvalue weighted by Crippen LogP contribution is 2.28. The molecule has 19 heavy (non-hydrogen) atoms. The number of anilines is 1. The molecule has 0 aliphatic carbocycles. The molecule has 2 heterocycles. The van der Waals surface area contributed by atoms with Gasteiger partial charge >= 0.3 is 5.97 Å². The zero-order valence-corrected chi connectivity index (χ0v) is 12.7. The molecular formula is C13H18BrN3O2. The molecule has 1 aromatic rings. The fourth-order valence-electron chi connectivity index (χ4n) is 2.54. The summed E-state index contributed by atoms with van der Waals surface area (Å²) in [5.74, 6) is -0.348. The summed E-state index contributed by atoms with van der Waals surface area (Å²) < 4.78 is 0.692. The third-order valence-corrected chi connectivity index (χ3v) is 3.72. The van der Waals surface area contributed by atoms with E-state index in [-0.39, 0.29) is 5.56 Å². The molecule has 104 valence electrons. The van der Waals surface area contributed by atoms with Crippen molar-refractivity contribution in [2.24, 2.45) is 0 Å². The average molecular weight is 328 g/mol. The van der Waals surface area contributed by atoms with Crippen molar-refractivity contribution in [1.82, 2.24) is 9.88 Å². The summed E-state index contributed by atoms with van der Waals surface area (Å²) in [5, 5.41) is 9.32. The summed E-state index contributed by atoms with van der Waals surface area (Å²) in [6.07, 6.45) is 3.82. The number of likely N-dealkylation sites (N-methyl/N-ethyl adjacent to an activating group) is 1. The molecule has 0 saturated carbocycles. The minimum absolute atomic E-state index is 0.264. The average Bonchev–Trinajstić information content (AvgIpc) is 2.76. The SMILES string of the molecule is CN(C)CC1CCCN1c1ncc(Br)cc1C(=O)O. The van der Waals surface area contributed by atoms with Crippen molar-refractivity contribution in [3.05, 3.63) is 22.3 Å². The van der Waals surface area contributed by atoms with E-state index in [9.17, 15) is 9.90 Å². The first-order valence-corrected chi connectivity index (χ1v) is 7.08. The van der Waals surface area contributed by atoms with Crippen LogP contribution in [0.5, 0.6) is 0 Å². The number of nitrogens with zero attached hydrogens (tertiary/aromatic N) is 3. The van der Waals surface area contributed by atoms with Crippen LogP contribution in [0.15, 0.2) is 16.7 Å². The van der Waals surface area contributed by atoms with Crippen molar-refractivity contribution in [2.75, 3.05) is 32.1 Å². The standard InChI is InChI=1S/C13H18BrN3O2/c1-16(2)8-10-4-3-5-17(10)12-11(13(18)19)6-9(14)7-15-12/h6-7,10H,3-5,8H2,1-2H3,(H,18,19). The molecule has 0 spiro atoms. The third kappa shape index (κ3) is 3.25. The molecule has 0 amide bonds. The van der Waals surface area contributed by atoms with Gasteiger partial charge in [0.15, 0.2) is 0 Å². The van der Waals surface area contributed by atoms with Gasteiger partial charge in [0, 0.05) is 29.8 Å². The minimum Gasteiger partial charge on any atom is -0.478 e. The number of hydrogen-bond donors (Lipinski definition) is 1. The Labute approximate surface area is 121 Å². The second-order valence-corrected chi connectivity index (χ2v) is 6.00. The van der Waals surface area contributed by atoms with Crippen LogP contribution in [0, 0.1) is 0 Å². The minimum atomic E-state index is -0.931. The summed E-state index contributed by atoms with van der Waals surface area (Å²) in [6, 6.07) is 1.96. The number of rotatable bonds is 4. The predicted octanol–water partition coefficient (Wildman–Crippen LogP) is 2.07. The van der Waals surface area contributed by atoms with Crippen molar-refractivity contribution < 1.29 is 9.90 Å². The van der Waals surface area contributed by atoms with Crippen LogP contribution >= 0.6 is 15.9 Å². The zero-order valence-electron chi connectivity index (χ0n) is 11.1. The van der Waals surface area contributed by atoms with Crippen molar-refractivity contribution >= 4 is 27.7 Å². The first-order valence-electron chi connectivity index (χ1n) is 6.29. The molecule has 5 nitrogen and oxygen atoms in total. The van der Waals surface area contributed by atoms with Crippen molar-refractivity contribution in [2.45, 2.75) is 18.9 Å². The number of carbonyl (C=O) groups is 1. The molecule has 1 aliphatic heterocycles. The Morgan fingerprint density at radius 2 is 2.37 bits per heavy atom. The lowest BCUT2D eigenvalue weighted by Crippen LogP contribution is -2.38. The van der Waals surface area contributed by atoms with Gasteiger partial charge in [-0.05, 0) is 48.9 Å². The van der Waals surface area contributed by atoms with Crippen LogP contribution in [0.1, 0.15) is 23.2 Å². The van der Waals surface area contributed by atoms with Gasteiger partial charge in [-0.3, -0.25) is 0 Å². The highest BCUT2D eigenvalue weighted by molar-refractivity contribution is 9.10. The monoisotopic (exact) mass is 327 g/mol. The molecule has 0 bridgehead atoms. The maximum Gasteiger partial charge on any atom is 0.339 e. The summed E-state index contributed by atoms with van der Waals surface area (Å²) in [4.78, 5) is 19.9. The summed E-state index contributed by atoms with van der Waals surface area (Å²) in [6.45, 7) is 1.78. The van der Waals surface area contributed by atoms with E-state index in [0.717, 1.165) is 25.9 Å². The molecule has 1 N–H and O–H groups in total. The molecule has 1 unspecified atom stereocenters. The van der Waals surface area contributed by atoms with E-state index in [1.807, 2.05) is 14.1 Å². The van der Waals surface area contributed by atoms with Crippen LogP contribution in [0.4, 0.5) is 5.82 Å². The molecular weight excluding hydrogens is 310 g/mol. The molecule has 1 saturated heterocycles.